The number of hydrogen-bond donors (Lipinski definition) is 3. The Morgan fingerprint density at radius 1 is 0.936 bits per heavy atom. The number of esters is 1. The van der Waals surface area contributed by atoms with Crippen molar-refractivity contribution < 1.29 is 34.4 Å². The molecule has 0 aliphatic heterocycles. The number of aliphatic carboxylic acids is 1. The molecule has 0 aromatic heterocycles. The molecule has 0 spiro atoms. The summed E-state index contributed by atoms with van der Waals surface area (Å²) in [6.45, 7) is 15.4. The van der Waals surface area contributed by atoms with Crippen LogP contribution in [0.2, 0.25) is 0 Å². The maximum absolute atomic E-state index is 13.1. The van der Waals surface area contributed by atoms with E-state index in [1.807, 2.05) is 31.2 Å². The molecule has 0 bridgehead atoms. The molecule has 0 unspecified atom stereocenters. The third kappa shape index (κ3) is 4.80. The number of fused-ring (bicyclic) bond motifs is 7. The summed E-state index contributed by atoms with van der Waals surface area (Å²) in [6, 6.07) is 7.44. The van der Waals surface area contributed by atoms with Gasteiger partial charge >= 0.3 is 11.9 Å². The first kappa shape index (κ1) is 34.2. The van der Waals surface area contributed by atoms with Crippen LogP contribution in [-0.4, -0.2) is 52.2 Å². The number of carboxylic acid groups (broad SMARTS) is 1. The van der Waals surface area contributed by atoms with Crippen LogP contribution < -0.4 is 4.74 Å². The van der Waals surface area contributed by atoms with Crippen molar-refractivity contribution in [3.63, 3.8) is 0 Å². The van der Waals surface area contributed by atoms with Crippen LogP contribution in [-0.2, 0) is 14.3 Å². The van der Waals surface area contributed by atoms with Gasteiger partial charge in [0.1, 0.15) is 11.9 Å². The summed E-state index contributed by atoms with van der Waals surface area (Å²) >= 11 is 0. The molecule has 1 aromatic carbocycles. The number of hydrogen-bond acceptors (Lipinski definition) is 6. The summed E-state index contributed by atoms with van der Waals surface area (Å²) in [5.74, 6) is -0.405. The van der Waals surface area contributed by atoms with Gasteiger partial charge in [0.2, 0.25) is 0 Å². The summed E-state index contributed by atoms with van der Waals surface area (Å²) in [7, 11) is 1.61. The van der Waals surface area contributed by atoms with Crippen molar-refractivity contribution in [2.75, 3.05) is 7.11 Å². The lowest BCUT2D eigenvalue weighted by Gasteiger charge is -2.72. The van der Waals surface area contributed by atoms with Gasteiger partial charge in [-0.2, -0.15) is 0 Å². The summed E-state index contributed by atoms with van der Waals surface area (Å²) in [5.41, 5.74) is -1.10. The SMILES string of the molecule is COc1ccc(/C=C/C(=O)O[C@H]2[C@H](O)C[C@]3(C)[C@H]4CC=C5[C@H]6[C@](C(=O)O)(CC[C@@H](C)[C@@]6(C)O)CC[C@@]5(C)[C@]4(C)CC[C@H]3C2(C)C)cc1. The van der Waals surface area contributed by atoms with Gasteiger partial charge in [0, 0.05) is 17.4 Å². The molecule has 11 atom stereocenters. The molecule has 5 aliphatic carbocycles. The molecule has 5 aliphatic rings. The Kier molecular flexibility index (Phi) is 8.15. The number of rotatable bonds is 5. The molecule has 3 N–H and O–H groups in total. The molecule has 7 nitrogen and oxygen atoms in total. The average molecular weight is 649 g/mol. The zero-order chi connectivity index (χ0) is 34.4. The lowest BCUT2D eigenvalue weighted by molar-refractivity contribution is -0.242. The molecule has 0 amide bonds. The van der Waals surface area contributed by atoms with E-state index < -0.39 is 46.5 Å². The Bertz CT molecular complexity index is 1470. The number of methoxy groups -OCH3 is 1. The van der Waals surface area contributed by atoms with E-state index in [1.165, 1.54) is 6.08 Å². The van der Waals surface area contributed by atoms with Crippen LogP contribution in [0, 0.1) is 50.7 Å². The maximum atomic E-state index is 13.1. The highest BCUT2D eigenvalue weighted by Crippen LogP contribution is 2.76. The highest BCUT2D eigenvalue weighted by molar-refractivity contribution is 5.87. The van der Waals surface area contributed by atoms with E-state index in [2.05, 4.69) is 47.6 Å². The highest BCUT2D eigenvalue weighted by atomic mass is 16.6. The van der Waals surface area contributed by atoms with E-state index in [1.54, 1.807) is 13.2 Å². The minimum atomic E-state index is -1.10. The standard InChI is InChI=1S/C40H56O7/c1-24-17-20-40(34(43)44)22-21-37(5)27(32(40)39(24,7)45)14-15-30-36(4)23-28(41)33(35(2,3)29(36)18-19-38(30,37)6)47-31(42)16-11-25-9-12-26(46-8)13-10-25/h9-14,16,24,28-30,32-33,41,45H,15,17-23H2,1-8H3,(H,43,44)/b16-11+/t24-,28-,29+,30-,32-,33+,36+,37-,38-,39-,40+/m1/s1. The first-order chi connectivity index (χ1) is 21.9. The number of carbonyl (C=O) groups excluding carboxylic acids is 1. The predicted octanol–water partition coefficient (Wildman–Crippen LogP) is 7.45. The van der Waals surface area contributed by atoms with Crippen molar-refractivity contribution in [2.45, 2.75) is 118 Å². The van der Waals surface area contributed by atoms with Gasteiger partial charge in [0.05, 0.1) is 24.2 Å². The molecule has 6 rings (SSSR count). The topological polar surface area (TPSA) is 113 Å². The zero-order valence-electron chi connectivity index (χ0n) is 29.6. The van der Waals surface area contributed by atoms with Crippen LogP contribution in [0.25, 0.3) is 6.08 Å². The normalized spacial score (nSPS) is 45.4. The molecule has 7 heteroatoms. The van der Waals surface area contributed by atoms with Gasteiger partial charge in [-0.3, -0.25) is 4.79 Å². The van der Waals surface area contributed by atoms with E-state index in [9.17, 15) is 24.9 Å². The van der Waals surface area contributed by atoms with E-state index >= 15 is 0 Å². The first-order valence-electron chi connectivity index (χ1n) is 17.8. The van der Waals surface area contributed by atoms with Crippen molar-refractivity contribution in [1.82, 2.24) is 0 Å². The Morgan fingerprint density at radius 3 is 2.26 bits per heavy atom. The van der Waals surface area contributed by atoms with Crippen LogP contribution in [0.3, 0.4) is 0 Å². The van der Waals surface area contributed by atoms with E-state index in [-0.39, 0.29) is 34.0 Å². The number of ether oxygens (including phenoxy) is 2. The fraction of sp³-hybridized carbons (Fsp3) is 0.700. The van der Waals surface area contributed by atoms with E-state index in [0.717, 1.165) is 49.0 Å². The molecule has 258 valence electrons. The molecule has 4 fully saturated rings. The summed E-state index contributed by atoms with van der Waals surface area (Å²) in [5, 5.41) is 34.5. The number of carbonyl (C=O) groups is 2. The summed E-state index contributed by atoms with van der Waals surface area (Å²) < 4.78 is 11.3. The fourth-order valence-electron chi connectivity index (χ4n) is 12.3. The molecule has 0 saturated heterocycles. The Balaban J connectivity index is 1.29. The van der Waals surface area contributed by atoms with Crippen molar-refractivity contribution >= 4 is 18.0 Å². The van der Waals surface area contributed by atoms with Crippen LogP contribution in [0.1, 0.15) is 105 Å². The van der Waals surface area contributed by atoms with Crippen molar-refractivity contribution in [3.05, 3.63) is 47.6 Å². The van der Waals surface area contributed by atoms with Gasteiger partial charge in [-0.15, -0.1) is 0 Å². The molecule has 47 heavy (non-hydrogen) atoms. The third-order valence-electron chi connectivity index (χ3n) is 15.2. The third-order valence-corrected chi connectivity index (χ3v) is 15.2. The highest BCUT2D eigenvalue weighted by Gasteiger charge is 2.72. The summed E-state index contributed by atoms with van der Waals surface area (Å²) in [4.78, 5) is 26.1. The van der Waals surface area contributed by atoms with Crippen LogP contribution in [0.15, 0.2) is 42.0 Å². The van der Waals surface area contributed by atoms with Crippen molar-refractivity contribution in [1.29, 1.82) is 0 Å². The van der Waals surface area contributed by atoms with Gasteiger partial charge in [0.25, 0.3) is 0 Å². The minimum Gasteiger partial charge on any atom is -0.497 e. The van der Waals surface area contributed by atoms with Crippen LogP contribution in [0.5, 0.6) is 5.75 Å². The lowest BCUT2D eigenvalue weighted by Crippen LogP contribution is -2.69. The average Bonchev–Trinajstić information content (AvgIpc) is 3.00. The predicted molar refractivity (Wildman–Crippen MR) is 181 cm³/mol. The number of carboxylic acids is 1. The fourth-order valence-corrected chi connectivity index (χ4v) is 12.3. The number of allylic oxidation sites excluding steroid dienone is 1. The Labute approximate surface area is 280 Å². The second-order valence-corrected chi connectivity index (χ2v) is 17.4. The second-order valence-electron chi connectivity index (χ2n) is 17.4. The maximum Gasteiger partial charge on any atom is 0.331 e. The van der Waals surface area contributed by atoms with Crippen LogP contribution in [0.4, 0.5) is 0 Å². The number of aliphatic hydroxyl groups excluding tert-OH is 1. The van der Waals surface area contributed by atoms with Gasteiger partial charge in [0.15, 0.2) is 0 Å². The number of benzene rings is 1. The summed E-state index contributed by atoms with van der Waals surface area (Å²) in [6.07, 6.45) is 9.95. The lowest BCUT2D eigenvalue weighted by atomic mass is 9.33. The van der Waals surface area contributed by atoms with E-state index in [4.69, 9.17) is 9.47 Å². The second kappa shape index (κ2) is 11.2. The first-order valence-corrected chi connectivity index (χ1v) is 17.8. The zero-order valence-corrected chi connectivity index (χ0v) is 29.6. The van der Waals surface area contributed by atoms with Crippen LogP contribution >= 0.6 is 0 Å². The monoisotopic (exact) mass is 648 g/mol. The molecular formula is C40H56O7. The van der Waals surface area contributed by atoms with Gasteiger partial charge < -0.3 is 24.8 Å². The molecule has 0 radical (unpaired) electrons. The smallest absolute Gasteiger partial charge is 0.331 e. The molecular weight excluding hydrogens is 592 g/mol. The van der Waals surface area contributed by atoms with Crippen molar-refractivity contribution in [2.24, 2.45) is 50.7 Å². The molecule has 0 heterocycles. The van der Waals surface area contributed by atoms with Gasteiger partial charge in [-0.05, 0) is 116 Å². The Hall–Kier alpha value is -2.64. The Morgan fingerprint density at radius 2 is 1.62 bits per heavy atom. The van der Waals surface area contributed by atoms with Crippen molar-refractivity contribution in [3.8, 4) is 5.75 Å². The molecule has 4 saturated carbocycles. The minimum absolute atomic E-state index is 0.0157. The van der Waals surface area contributed by atoms with E-state index in [0.29, 0.717) is 19.3 Å². The largest absolute Gasteiger partial charge is 0.497 e. The molecule has 1 aromatic rings. The quantitative estimate of drug-likeness (QED) is 0.173. The van der Waals surface area contributed by atoms with Gasteiger partial charge in [-0.1, -0.05) is 65.3 Å². The van der Waals surface area contributed by atoms with Gasteiger partial charge in [-0.25, -0.2) is 4.79 Å². The number of aliphatic hydroxyl groups is 2.